The molecule has 5 nitrogen and oxygen atoms in total. The number of nitrogen functional groups attached to an aromatic ring is 2. The molecule has 0 atom stereocenters. The van der Waals surface area contributed by atoms with Gasteiger partial charge in [-0.15, -0.1) is 0 Å². The van der Waals surface area contributed by atoms with Crippen molar-refractivity contribution in [3.63, 3.8) is 0 Å². The van der Waals surface area contributed by atoms with Crippen LogP contribution in [0.15, 0.2) is 42.5 Å². The molecule has 25 heavy (non-hydrogen) atoms. The molecule has 1 heterocycles. The Bertz CT molecular complexity index is 667. The first kappa shape index (κ1) is 17.4. The van der Waals surface area contributed by atoms with Crippen LogP contribution in [-0.4, -0.2) is 31.1 Å². The molecule has 1 saturated heterocycles. The fourth-order valence-corrected chi connectivity index (χ4v) is 2.99. The van der Waals surface area contributed by atoms with E-state index in [0.29, 0.717) is 17.1 Å². The predicted octanol–water partition coefficient (Wildman–Crippen LogP) is 3.90. The number of benzene rings is 2. The van der Waals surface area contributed by atoms with Crippen LogP contribution in [0.1, 0.15) is 25.7 Å². The highest BCUT2D eigenvalue weighted by molar-refractivity contribution is 5.65. The third kappa shape index (κ3) is 5.29. The molecule has 2 aromatic rings. The minimum atomic E-state index is 0.520. The first-order valence-electron chi connectivity index (χ1n) is 8.99. The third-order valence-electron chi connectivity index (χ3n) is 4.45. The summed E-state index contributed by atoms with van der Waals surface area (Å²) >= 11 is 0. The standard InChI is InChI=1S/C20H27N3O2/c21-19-10-9-18(15-20(19)22)25-17-7-5-16(6-8-17)24-14-4-3-13-23-11-1-2-12-23/h5-10,15H,1-4,11-14,21-22H2. The van der Waals surface area contributed by atoms with Gasteiger partial charge in [-0.1, -0.05) is 0 Å². The van der Waals surface area contributed by atoms with E-state index in [1.807, 2.05) is 24.3 Å². The van der Waals surface area contributed by atoms with Crippen LogP contribution in [0.3, 0.4) is 0 Å². The molecule has 2 aromatic carbocycles. The first-order valence-corrected chi connectivity index (χ1v) is 8.99. The van der Waals surface area contributed by atoms with Crippen LogP contribution >= 0.6 is 0 Å². The number of hydrogen-bond donors (Lipinski definition) is 2. The number of hydrogen-bond acceptors (Lipinski definition) is 5. The number of ether oxygens (including phenoxy) is 2. The van der Waals surface area contributed by atoms with E-state index in [4.69, 9.17) is 20.9 Å². The van der Waals surface area contributed by atoms with Crippen molar-refractivity contribution in [3.05, 3.63) is 42.5 Å². The number of likely N-dealkylation sites (tertiary alicyclic amines) is 1. The van der Waals surface area contributed by atoms with Crippen LogP contribution < -0.4 is 20.9 Å². The fourth-order valence-electron chi connectivity index (χ4n) is 2.99. The van der Waals surface area contributed by atoms with Gasteiger partial charge in [-0.3, -0.25) is 0 Å². The molecule has 0 bridgehead atoms. The summed E-state index contributed by atoms with van der Waals surface area (Å²) in [6.07, 6.45) is 4.99. The van der Waals surface area contributed by atoms with Gasteiger partial charge in [-0.05, 0) is 81.7 Å². The average Bonchev–Trinajstić information content (AvgIpc) is 3.13. The second kappa shape index (κ2) is 8.62. The van der Waals surface area contributed by atoms with Crippen molar-refractivity contribution in [2.75, 3.05) is 37.7 Å². The molecule has 0 amide bonds. The number of rotatable bonds is 8. The Morgan fingerprint density at radius 3 is 2.20 bits per heavy atom. The van der Waals surface area contributed by atoms with Crippen molar-refractivity contribution in [2.45, 2.75) is 25.7 Å². The van der Waals surface area contributed by atoms with Gasteiger partial charge in [-0.25, -0.2) is 0 Å². The van der Waals surface area contributed by atoms with E-state index in [1.165, 1.54) is 38.9 Å². The molecule has 1 fully saturated rings. The first-order chi connectivity index (χ1) is 12.2. The SMILES string of the molecule is Nc1ccc(Oc2ccc(OCCCCN3CCCC3)cc2)cc1N. The topological polar surface area (TPSA) is 73.7 Å². The fraction of sp³-hybridized carbons (Fsp3) is 0.400. The van der Waals surface area contributed by atoms with Gasteiger partial charge in [0.1, 0.15) is 17.2 Å². The van der Waals surface area contributed by atoms with Gasteiger partial charge in [0.2, 0.25) is 0 Å². The highest BCUT2D eigenvalue weighted by Gasteiger charge is 2.10. The highest BCUT2D eigenvalue weighted by atomic mass is 16.5. The monoisotopic (exact) mass is 341 g/mol. The van der Waals surface area contributed by atoms with E-state index in [2.05, 4.69) is 4.90 Å². The summed E-state index contributed by atoms with van der Waals surface area (Å²) in [6, 6.07) is 12.9. The Morgan fingerprint density at radius 1 is 0.800 bits per heavy atom. The third-order valence-corrected chi connectivity index (χ3v) is 4.45. The van der Waals surface area contributed by atoms with Crippen LogP contribution in [0.4, 0.5) is 11.4 Å². The summed E-state index contributed by atoms with van der Waals surface area (Å²) in [5.41, 5.74) is 12.6. The normalized spacial score (nSPS) is 14.6. The average molecular weight is 341 g/mol. The number of anilines is 2. The molecular weight excluding hydrogens is 314 g/mol. The van der Waals surface area contributed by atoms with Crippen molar-refractivity contribution in [2.24, 2.45) is 0 Å². The van der Waals surface area contributed by atoms with E-state index in [0.717, 1.165) is 24.5 Å². The van der Waals surface area contributed by atoms with Gasteiger partial charge >= 0.3 is 0 Å². The Kier molecular flexibility index (Phi) is 6.01. The van der Waals surface area contributed by atoms with Crippen molar-refractivity contribution in [3.8, 4) is 17.2 Å². The quantitative estimate of drug-likeness (QED) is 0.563. The molecule has 0 spiro atoms. The molecule has 5 heteroatoms. The van der Waals surface area contributed by atoms with Gasteiger partial charge in [0, 0.05) is 6.07 Å². The molecule has 3 rings (SSSR count). The van der Waals surface area contributed by atoms with Crippen LogP contribution in [0.25, 0.3) is 0 Å². The Balaban J connectivity index is 1.40. The van der Waals surface area contributed by atoms with Crippen molar-refractivity contribution >= 4 is 11.4 Å². The molecule has 134 valence electrons. The summed E-state index contributed by atoms with van der Waals surface area (Å²) in [5.74, 6) is 2.28. The molecular formula is C20H27N3O2. The molecule has 0 radical (unpaired) electrons. The second-order valence-electron chi connectivity index (χ2n) is 6.47. The minimum absolute atomic E-state index is 0.520. The molecule has 1 aliphatic heterocycles. The Morgan fingerprint density at radius 2 is 1.48 bits per heavy atom. The van der Waals surface area contributed by atoms with Gasteiger partial charge in [0.15, 0.2) is 0 Å². The van der Waals surface area contributed by atoms with E-state index in [1.54, 1.807) is 18.2 Å². The van der Waals surface area contributed by atoms with Gasteiger partial charge in [0.25, 0.3) is 0 Å². The smallest absolute Gasteiger partial charge is 0.129 e. The lowest BCUT2D eigenvalue weighted by atomic mass is 10.2. The van der Waals surface area contributed by atoms with Gasteiger partial charge in [-0.2, -0.15) is 0 Å². The summed E-state index contributed by atoms with van der Waals surface area (Å²) < 4.78 is 11.6. The molecule has 1 aliphatic rings. The minimum Gasteiger partial charge on any atom is -0.494 e. The van der Waals surface area contributed by atoms with Crippen LogP contribution in [0.2, 0.25) is 0 Å². The van der Waals surface area contributed by atoms with Gasteiger partial charge < -0.3 is 25.8 Å². The summed E-state index contributed by atoms with van der Waals surface area (Å²) in [4.78, 5) is 2.54. The molecule has 0 unspecified atom stereocenters. The number of unbranched alkanes of at least 4 members (excludes halogenated alkanes) is 1. The number of nitrogens with two attached hydrogens (primary N) is 2. The maximum absolute atomic E-state index is 5.80. The van der Waals surface area contributed by atoms with Crippen LogP contribution in [0, 0.1) is 0 Å². The number of nitrogens with zero attached hydrogens (tertiary/aromatic N) is 1. The van der Waals surface area contributed by atoms with Crippen molar-refractivity contribution < 1.29 is 9.47 Å². The van der Waals surface area contributed by atoms with Crippen LogP contribution in [-0.2, 0) is 0 Å². The summed E-state index contributed by atoms with van der Waals surface area (Å²) in [7, 11) is 0. The maximum atomic E-state index is 5.80. The maximum Gasteiger partial charge on any atom is 0.129 e. The van der Waals surface area contributed by atoms with E-state index in [9.17, 15) is 0 Å². The van der Waals surface area contributed by atoms with E-state index < -0.39 is 0 Å². The lowest BCUT2D eigenvalue weighted by Gasteiger charge is -2.14. The van der Waals surface area contributed by atoms with Crippen molar-refractivity contribution in [1.29, 1.82) is 0 Å². The molecule has 0 aromatic heterocycles. The Labute approximate surface area is 149 Å². The lowest BCUT2D eigenvalue weighted by Crippen LogP contribution is -2.20. The van der Waals surface area contributed by atoms with E-state index in [-0.39, 0.29) is 0 Å². The summed E-state index contributed by atoms with van der Waals surface area (Å²) in [6.45, 7) is 4.48. The Hall–Kier alpha value is -2.40. The summed E-state index contributed by atoms with van der Waals surface area (Å²) in [5, 5.41) is 0. The lowest BCUT2D eigenvalue weighted by molar-refractivity contribution is 0.279. The largest absolute Gasteiger partial charge is 0.494 e. The predicted molar refractivity (Wildman–Crippen MR) is 102 cm³/mol. The molecule has 0 aliphatic carbocycles. The van der Waals surface area contributed by atoms with E-state index >= 15 is 0 Å². The van der Waals surface area contributed by atoms with Gasteiger partial charge in [0.05, 0.1) is 18.0 Å². The molecule has 4 N–H and O–H groups in total. The highest BCUT2D eigenvalue weighted by Crippen LogP contribution is 2.27. The molecule has 0 saturated carbocycles. The van der Waals surface area contributed by atoms with Crippen molar-refractivity contribution in [1.82, 2.24) is 4.90 Å². The second-order valence-corrected chi connectivity index (χ2v) is 6.47. The van der Waals surface area contributed by atoms with Crippen LogP contribution in [0.5, 0.6) is 17.2 Å². The zero-order chi connectivity index (χ0) is 17.5. The zero-order valence-electron chi connectivity index (χ0n) is 14.6. The zero-order valence-corrected chi connectivity index (χ0v) is 14.6.